The minimum absolute atomic E-state index is 1.07. The maximum Gasteiger partial charge on any atom is 0.138 e. The normalized spacial score (nSPS) is 15.6. The summed E-state index contributed by atoms with van der Waals surface area (Å²) >= 11 is 0. The molecule has 3 heteroatoms. The molecule has 0 aromatic carbocycles. The van der Waals surface area contributed by atoms with Crippen molar-refractivity contribution in [1.29, 1.82) is 0 Å². The summed E-state index contributed by atoms with van der Waals surface area (Å²) in [5, 5.41) is 7.64. The minimum atomic E-state index is 1.07. The van der Waals surface area contributed by atoms with Crippen LogP contribution < -0.4 is 0 Å². The lowest BCUT2D eigenvalue weighted by Crippen LogP contribution is -1.93. The summed E-state index contributed by atoms with van der Waals surface area (Å²) in [7, 11) is 0. The number of nitrogens with zero attached hydrogens (tertiary/aromatic N) is 3. The van der Waals surface area contributed by atoms with E-state index >= 15 is 0 Å². The highest BCUT2D eigenvalue weighted by Crippen LogP contribution is 2.14. The van der Waals surface area contributed by atoms with Crippen molar-refractivity contribution >= 4 is 0 Å². The van der Waals surface area contributed by atoms with Crippen LogP contribution in [0.25, 0.3) is 0 Å². The fourth-order valence-electron chi connectivity index (χ4n) is 1.15. The van der Waals surface area contributed by atoms with Gasteiger partial charge in [-0.3, -0.25) is 0 Å². The molecule has 0 unspecified atom stereocenters. The summed E-state index contributed by atoms with van der Waals surface area (Å²) in [6.45, 7) is 0. The molecule has 0 N–H and O–H groups in total. The van der Waals surface area contributed by atoms with Gasteiger partial charge in [0.05, 0.1) is 11.4 Å². The predicted octanol–water partition coefficient (Wildman–Crippen LogP) is 0.360. The van der Waals surface area contributed by atoms with Crippen LogP contribution in [0, 0.1) is 0 Å². The SMILES string of the molecule is c1nnc2c(n1)CCC2. The van der Waals surface area contributed by atoms with Crippen LogP contribution >= 0.6 is 0 Å². The van der Waals surface area contributed by atoms with Crippen LogP contribution in [0.3, 0.4) is 0 Å². The van der Waals surface area contributed by atoms with Gasteiger partial charge in [-0.15, -0.1) is 5.10 Å². The molecule has 46 valence electrons. The van der Waals surface area contributed by atoms with E-state index in [2.05, 4.69) is 15.2 Å². The molecule has 0 saturated carbocycles. The van der Waals surface area contributed by atoms with Crippen molar-refractivity contribution in [3.63, 3.8) is 0 Å². The van der Waals surface area contributed by atoms with Gasteiger partial charge >= 0.3 is 0 Å². The molecule has 1 aromatic rings. The zero-order valence-corrected chi connectivity index (χ0v) is 5.04. The van der Waals surface area contributed by atoms with Gasteiger partial charge < -0.3 is 0 Å². The van der Waals surface area contributed by atoms with Gasteiger partial charge in [0.2, 0.25) is 0 Å². The number of hydrogen-bond acceptors (Lipinski definition) is 3. The van der Waals surface area contributed by atoms with Gasteiger partial charge in [0.1, 0.15) is 6.33 Å². The second kappa shape index (κ2) is 1.76. The highest BCUT2D eigenvalue weighted by Gasteiger charge is 2.11. The van der Waals surface area contributed by atoms with Crippen molar-refractivity contribution in [3.8, 4) is 0 Å². The first-order chi connectivity index (χ1) is 4.47. The summed E-state index contributed by atoms with van der Waals surface area (Å²) in [5.74, 6) is 0. The second-order valence-electron chi connectivity index (χ2n) is 2.21. The molecule has 0 fully saturated rings. The Kier molecular flexibility index (Phi) is 0.946. The summed E-state index contributed by atoms with van der Waals surface area (Å²) in [6.07, 6.45) is 4.87. The molecule has 0 amide bonds. The van der Waals surface area contributed by atoms with E-state index in [4.69, 9.17) is 0 Å². The van der Waals surface area contributed by atoms with Crippen molar-refractivity contribution in [3.05, 3.63) is 17.7 Å². The van der Waals surface area contributed by atoms with Crippen molar-refractivity contribution in [1.82, 2.24) is 15.2 Å². The molecule has 1 aliphatic carbocycles. The molecule has 2 rings (SSSR count). The van der Waals surface area contributed by atoms with Crippen LogP contribution in [-0.2, 0) is 12.8 Å². The van der Waals surface area contributed by atoms with Gasteiger partial charge in [0, 0.05) is 0 Å². The van der Waals surface area contributed by atoms with Crippen molar-refractivity contribution in [2.45, 2.75) is 19.3 Å². The molecule has 0 atom stereocenters. The molecule has 1 heterocycles. The van der Waals surface area contributed by atoms with Crippen molar-refractivity contribution in [2.24, 2.45) is 0 Å². The first kappa shape index (κ1) is 4.85. The van der Waals surface area contributed by atoms with E-state index in [1.54, 1.807) is 0 Å². The molecular formula is C6H7N3. The summed E-state index contributed by atoms with van der Waals surface area (Å²) in [5.41, 5.74) is 2.24. The zero-order valence-electron chi connectivity index (χ0n) is 5.04. The Morgan fingerprint density at radius 3 is 3.00 bits per heavy atom. The van der Waals surface area contributed by atoms with Crippen molar-refractivity contribution in [2.75, 3.05) is 0 Å². The lowest BCUT2D eigenvalue weighted by atomic mass is 10.4. The molecule has 1 aliphatic rings. The molecule has 9 heavy (non-hydrogen) atoms. The average Bonchev–Trinajstić information content (AvgIpc) is 2.33. The van der Waals surface area contributed by atoms with Gasteiger partial charge in [-0.25, -0.2) is 4.98 Å². The number of rotatable bonds is 0. The lowest BCUT2D eigenvalue weighted by molar-refractivity contribution is 0.875. The topological polar surface area (TPSA) is 38.7 Å². The fourth-order valence-corrected chi connectivity index (χ4v) is 1.15. The summed E-state index contributed by atoms with van der Waals surface area (Å²) in [4.78, 5) is 4.09. The summed E-state index contributed by atoms with van der Waals surface area (Å²) < 4.78 is 0. The molecule has 0 saturated heterocycles. The minimum Gasteiger partial charge on any atom is -0.238 e. The maximum atomic E-state index is 4.09. The lowest BCUT2D eigenvalue weighted by Gasteiger charge is -1.89. The van der Waals surface area contributed by atoms with Gasteiger partial charge in [0.15, 0.2) is 0 Å². The van der Waals surface area contributed by atoms with Crippen LogP contribution in [0.2, 0.25) is 0 Å². The van der Waals surface area contributed by atoms with Crippen LogP contribution in [0.5, 0.6) is 0 Å². The highest BCUT2D eigenvalue weighted by molar-refractivity contribution is 5.13. The van der Waals surface area contributed by atoms with Gasteiger partial charge in [-0.2, -0.15) is 5.10 Å². The Hall–Kier alpha value is -0.990. The number of aromatic nitrogens is 3. The third-order valence-electron chi connectivity index (χ3n) is 1.60. The molecule has 0 bridgehead atoms. The second-order valence-corrected chi connectivity index (χ2v) is 2.21. The highest BCUT2D eigenvalue weighted by atomic mass is 15.1. The van der Waals surface area contributed by atoms with E-state index < -0.39 is 0 Å². The van der Waals surface area contributed by atoms with E-state index in [-0.39, 0.29) is 0 Å². The number of aryl methyl sites for hydroxylation is 2. The van der Waals surface area contributed by atoms with Gasteiger partial charge in [-0.1, -0.05) is 0 Å². The molecule has 0 aliphatic heterocycles. The van der Waals surface area contributed by atoms with Crippen LogP contribution in [0.4, 0.5) is 0 Å². The third kappa shape index (κ3) is 0.686. The van der Waals surface area contributed by atoms with E-state index in [9.17, 15) is 0 Å². The summed E-state index contributed by atoms with van der Waals surface area (Å²) in [6, 6.07) is 0. The van der Waals surface area contributed by atoms with Crippen LogP contribution in [0.1, 0.15) is 17.8 Å². The largest absolute Gasteiger partial charge is 0.238 e. The molecule has 1 aromatic heterocycles. The Bertz CT molecular complexity index is 198. The Morgan fingerprint density at radius 1 is 1.22 bits per heavy atom. The standard InChI is InChI=1S/C6H7N3/c1-2-5-6(3-1)9-8-4-7-5/h4H,1-3H2. The quantitative estimate of drug-likeness (QED) is 0.497. The Labute approximate surface area is 53.1 Å². The average molecular weight is 121 g/mol. The number of hydrogen-bond donors (Lipinski definition) is 0. The zero-order chi connectivity index (χ0) is 6.10. The van der Waals surface area contributed by atoms with E-state index in [0.717, 1.165) is 24.2 Å². The maximum absolute atomic E-state index is 4.09. The van der Waals surface area contributed by atoms with Crippen molar-refractivity contribution < 1.29 is 0 Å². The predicted molar refractivity (Wildman–Crippen MR) is 31.9 cm³/mol. The van der Waals surface area contributed by atoms with E-state index in [1.807, 2.05) is 0 Å². The third-order valence-corrected chi connectivity index (χ3v) is 1.60. The fraction of sp³-hybridized carbons (Fsp3) is 0.500. The molecule has 0 radical (unpaired) electrons. The molecule has 0 spiro atoms. The van der Waals surface area contributed by atoms with Gasteiger partial charge in [0.25, 0.3) is 0 Å². The van der Waals surface area contributed by atoms with Gasteiger partial charge in [-0.05, 0) is 19.3 Å². The molecular weight excluding hydrogens is 114 g/mol. The van der Waals surface area contributed by atoms with E-state index in [0.29, 0.717) is 0 Å². The van der Waals surface area contributed by atoms with E-state index in [1.165, 1.54) is 12.7 Å². The Morgan fingerprint density at radius 2 is 2.11 bits per heavy atom. The smallest absolute Gasteiger partial charge is 0.138 e. The van der Waals surface area contributed by atoms with Crippen LogP contribution in [-0.4, -0.2) is 15.2 Å². The number of fused-ring (bicyclic) bond motifs is 1. The Balaban J connectivity index is 2.54. The first-order valence-corrected chi connectivity index (χ1v) is 3.12. The van der Waals surface area contributed by atoms with Crippen LogP contribution in [0.15, 0.2) is 6.33 Å². The monoisotopic (exact) mass is 121 g/mol. The first-order valence-electron chi connectivity index (χ1n) is 3.12. The molecule has 3 nitrogen and oxygen atoms in total.